The Morgan fingerprint density at radius 2 is 2.39 bits per heavy atom. The average molecular weight is 324 g/mol. The second kappa shape index (κ2) is 9.47. The standard InChI is InChI=1S/C17H25FN2O3/c1-14-13-22-11-9-20(14)8-7-19-17(21)6-3-10-23-16-5-2-4-15(18)12-16/h2,4-5,12,14H,3,6-11,13H2,1H3,(H,19,21). The number of morpholine rings is 1. The molecule has 1 aliphatic rings. The molecule has 1 N–H and O–H groups in total. The molecule has 1 atom stereocenters. The smallest absolute Gasteiger partial charge is 0.220 e. The van der Waals surface area contributed by atoms with Crippen molar-refractivity contribution in [2.45, 2.75) is 25.8 Å². The molecule has 0 aromatic heterocycles. The molecule has 5 nitrogen and oxygen atoms in total. The van der Waals surface area contributed by atoms with Crippen LogP contribution in [0.5, 0.6) is 5.75 Å². The van der Waals surface area contributed by atoms with Crippen molar-refractivity contribution in [3.63, 3.8) is 0 Å². The zero-order valence-electron chi connectivity index (χ0n) is 13.6. The minimum Gasteiger partial charge on any atom is -0.493 e. The predicted octanol–water partition coefficient (Wildman–Crippen LogP) is 1.82. The van der Waals surface area contributed by atoms with Gasteiger partial charge in [-0.3, -0.25) is 9.69 Å². The summed E-state index contributed by atoms with van der Waals surface area (Å²) in [5.41, 5.74) is 0. The van der Waals surface area contributed by atoms with Crippen LogP contribution >= 0.6 is 0 Å². The van der Waals surface area contributed by atoms with Crippen molar-refractivity contribution < 1.29 is 18.7 Å². The van der Waals surface area contributed by atoms with Crippen LogP contribution < -0.4 is 10.1 Å². The Labute approximate surface area is 136 Å². The third-order valence-electron chi connectivity index (χ3n) is 3.84. The van der Waals surface area contributed by atoms with Crippen LogP contribution in [-0.4, -0.2) is 56.3 Å². The summed E-state index contributed by atoms with van der Waals surface area (Å²) in [5, 5.41) is 2.92. The monoisotopic (exact) mass is 324 g/mol. The largest absolute Gasteiger partial charge is 0.493 e. The first kappa shape index (κ1) is 17.7. The predicted molar refractivity (Wildman–Crippen MR) is 86.0 cm³/mol. The maximum absolute atomic E-state index is 13.0. The third-order valence-corrected chi connectivity index (χ3v) is 3.84. The zero-order chi connectivity index (χ0) is 16.5. The minimum atomic E-state index is -0.322. The van der Waals surface area contributed by atoms with E-state index in [0.29, 0.717) is 37.8 Å². The maximum Gasteiger partial charge on any atom is 0.220 e. The minimum absolute atomic E-state index is 0.0220. The molecular formula is C17H25FN2O3. The SMILES string of the molecule is CC1COCCN1CCNC(=O)CCCOc1cccc(F)c1. The van der Waals surface area contributed by atoms with Crippen molar-refractivity contribution in [3.8, 4) is 5.75 Å². The molecule has 0 spiro atoms. The molecule has 0 saturated carbocycles. The van der Waals surface area contributed by atoms with Crippen molar-refractivity contribution >= 4 is 5.91 Å². The zero-order valence-corrected chi connectivity index (χ0v) is 13.6. The number of nitrogens with zero attached hydrogens (tertiary/aromatic N) is 1. The van der Waals surface area contributed by atoms with Gasteiger partial charge in [-0.1, -0.05) is 6.07 Å². The van der Waals surface area contributed by atoms with E-state index in [1.807, 2.05) is 0 Å². The Kier molecular flexibility index (Phi) is 7.29. The normalized spacial score (nSPS) is 18.6. The summed E-state index contributed by atoms with van der Waals surface area (Å²) in [7, 11) is 0. The first-order chi connectivity index (χ1) is 11.1. The number of amides is 1. The Bertz CT molecular complexity index is 498. The quantitative estimate of drug-likeness (QED) is 0.741. The third kappa shape index (κ3) is 6.54. The van der Waals surface area contributed by atoms with Crippen LogP contribution in [0, 0.1) is 5.82 Å². The van der Waals surface area contributed by atoms with E-state index in [4.69, 9.17) is 9.47 Å². The van der Waals surface area contributed by atoms with E-state index in [0.717, 1.165) is 26.3 Å². The lowest BCUT2D eigenvalue weighted by atomic mass is 10.2. The van der Waals surface area contributed by atoms with Gasteiger partial charge in [-0.25, -0.2) is 4.39 Å². The molecule has 2 rings (SSSR count). The number of carbonyl (C=O) groups excluding carboxylic acids is 1. The van der Waals surface area contributed by atoms with Gasteiger partial charge in [0.05, 0.1) is 19.8 Å². The van der Waals surface area contributed by atoms with Gasteiger partial charge in [0.25, 0.3) is 0 Å². The van der Waals surface area contributed by atoms with Crippen LogP contribution in [0.1, 0.15) is 19.8 Å². The van der Waals surface area contributed by atoms with Gasteiger partial charge in [-0.15, -0.1) is 0 Å². The highest BCUT2D eigenvalue weighted by atomic mass is 19.1. The van der Waals surface area contributed by atoms with Gasteiger partial charge >= 0.3 is 0 Å². The van der Waals surface area contributed by atoms with Gasteiger partial charge < -0.3 is 14.8 Å². The van der Waals surface area contributed by atoms with Gasteiger partial charge in [0.2, 0.25) is 5.91 Å². The van der Waals surface area contributed by atoms with Crippen LogP contribution in [0.15, 0.2) is 24.3 Å². The fraction of sp³-hybridized carbons (Fsp3) is 0.588. The van der Waals surface area contributed by atoms with Crippen LogP contribution in [0.25, 0.3) is 0 Å². The highest BCUT2D eigenvalue weighted by Gasteiger charge is 2.17. The lowest BCUT2D eigenvalue weighted by Gasteiger charge is -2.33. The summed E-state index contributed by atoms with van der Waals surface area (Å²) in [6, 6.07) is 6.41. The van der Waals surface area contributed by atoms with Crippen LogP contribution in [0.4, 0.5) is 4.39 Å². The summed E-state index contributed by atoms with van der Waals surface area (Å²) in [4.78, 5) is 14.1. The molecule has 1 unspecified atom stereocenters. The number of hydrogen-bond acceptors (Lipinski definition) is 4. The molecule has 1 saturated heterocycles. The van der Waals surface area contributed by atoms with E-state index in [-0.39, 0.29) is 11.7 Å². The first-order valence-electron chi connectivity index (χ1n) is 8.12. The number of ether oxygens (including phenoxy) is 2. The lowest BCUT2D eigenvalue weighted by Crippen LogP contribution is -2.46. The van der Waals surface area contributed by atoms with E-state index < -0.39 is 0 Å². The molecule has 0 aliphatic carbocycles. The second-order valence-corrected chi connectivity index (χ2v) is 5.72. The number of nitrogens with one attached hydrogen (secondary N) is 1. The van der Waals surface area contributed by atoms with Crippen LogP contribution in [0.2, 0.25) is 0 Å². The van der Waals surface area contributed by atoms with E-state index in [9.17, 15) is 9.18 Å². The average Bonchev–Trinajstić information content (AvgIpc) is 2.53. The van der Waals surface area contributed by atoms with Crippen molar-refractivity contribution in [2.75, 3.05) is 39.5 Å². The Balaban J connectivity index is 1.53. The number of rotatable bonds is 8. The molecule has 1 aliphatic heterocycles. The fourth-order valence-electron chi connectivity index (χ4n) is 2.50. The molecule has 1 aromatic carbocycles. The van der Waals surface area contributed by atoms with Gasteiger partial charge in [-0.2, -0.15) is 0 Å². The number of hydrogen-bond donors (Lipinski definition) is 1. The summed E-state index contributed by atoms with van der Waals surface area (Å²) >= 11 is 0. The number of carbonyl (C=O) groups is 1. The van der Waals surface area contributed by atoms with Crippen LogP contribution in [-0.2, 0) is 9.53 Å². The Hall–Kier alpha value is -1.66. The molecule has 1 amide bonds. The molecule has 0 radical (unpaired) electrons. The van der Waals surface area contributed by atoms with Gasteiger partial charge in [0.1, 0.15) is 11.6 Å². The molecular weight excluding hydrogens is 299 g/mol. The van der Waals surface area contributed by atoms with E-state index in [1.165, 1.54) is 12.1 Å². The molecule has 6 heteroatoms. The first-order valence-corrected chi connectivity index (χ1v) is 8.12. The summed E-state index contributed by atoms with van der Waals surface area (Å²) < 4.78 is 23.8. The molecule has 23 heavy (non-hydrogen) atoms. The maximum atomic E-state index is 13.0. The molecule has 1 aromatic rings. The Morgan fingerprint density at radius 3 is 3.17 bits per heavy atom. The van der Waals surface area contributed by atoms with E-state index >= 15 is 0 Å². The highest BCUT2D eigenvalue weighted by Crippen LogP contribution is 2.12. The molecule has 1 fully saturated rings. The van der Waals surface area contributed by atoms with Crippen molar-refractivity contribution in [1.82, 2.24) is 10.2 Å². The summed E-state index contributed by atoms with van der Waals surface area (Å²) in [6.07, 6.45) is 1.02. The highest BCUT2D eigenvalue weighted by molar-refractivity contribution is 5.75. The van der Waals surface area contributed by atoms with E-state index in [2.05, 4.69) is 17.1 Å². The number of benzene rings is 1. The Morgan fingerprint density at radius 1 is 1.52 bits per heavy atom. The van der Waals surface area contributed by atoms with Gasteiger partial charge in [0, 0.05) is 38.2 Å². The van der Waals surface area contributed by atoms with E-state index in [1.54, 1.807) is 12.1 Å². The van der Waals surface area contributed by atoms with Crippen molar-refractivity contribution in [2.24, 2.45) is 0 Å². The lowest BCUT2D eigenvalue weighted by molar-refractivity contribution is -0.121. The van der Waals surface area contributed by atoms with Crippen LogP contribution in [0.3, 0.4) is 0 Å². The number of halogens is 1. The molecule has 0 bridgehead atoms. The summed E-state index contributed by atoms with van der Waals surface area (Å²) in [6.45, 7) is 6.45. The van der Waals surface area contributed by atoms with Crippen molar-refractivity contribution in [3.05, 3.63) is 30.1 Å². The molecule has 1 heterocycles. The summed E-state index contributed by atoms with van der Waals surface area (Å²) in [5.74, 6) is 0.193. The molecule has 128 valence electrons. The topological polar surface area (TPSA) is 50.8 Å². The second-order valence-electron chi connectivity index (χ2n) is 5.72. The van der Waals surface area contributed by atoms with Gasteiger partial charge in [0.15, 0.2) is 0 Å². The van der Waals surface area contributed by atoms with Gasteiger partial charge in [-0.05, 0) is 25.5 Å². The van der Waals surface area contributed by atoms with Crippen molar-refractivity contribution in [1.29, 1.82) is 0 Å². The fourth-order valence-corrected chi connectivity index (χ4v) is 2.50.